The van der Waals surface area contributed by atoms with E-state index in [9.17, 15) is 9.59 Å². The first kappa shape index (κ1) is 21.1. The molecule has 0 aliphatic carbocycles. The molecule has 4 rings (SSSR count). The summed E-state index contributed by atoms with van der Waals surface area (Å²) in [4.78, 5) is 27.3. The first-order valence-corrected chi connectivity index (χ1v) is 10.9. The van der Waals surface area contributed by atoms with Crippen LogP contribution in [0.25, 0.3) is 5.69 Å². The van der Waals surface area contributed by atoms with Crippen LogP contribution in [0, 0.1) is 5.92 Å². The minimum absolute atomic E-state index is 0.0181. The van der Waals surface area contributed by atoms with E-state index in [1.165, 1.54) is 16.3 Å². The van der Waals surface area contributed by atoms with Gasteiger partial charge in [-0.3, -0.25) is 9.59 Å². The van der Waals surface area contributed by atoms with E-state index in [4.69, 9.17) is 11.6 Å². The van der Waals surface area contributed by atoms with Crippen LogP contribution in [0.2, 0.25) is 5.02 Å². The predicted molar refractivity (Wildman–Crippen MR) is 124 cm³/mol. The maximum atomic E-state index is 12.8. The molecule has 1 saturated heterocycles. The van der Waals surface area contributed by atoms with Crippen LogP contribution in [-0.4, -0.2) is 28.8 Å². The smallest absolute Gasteiger partial charge is 0.271 e. The van der Waals surface area contributed by atoms with Crippen molar-refractivity contribution in [2.45, 2.75) is 26.2 Å². The number of amides is 1. The van der Waals surface area contributed by atoms with Gasteiger partial charge >= 0.3 is 0 Å². The van der Waals surface area contributed by atoms with Crippen LogP contribution in [0.3, 0.4) is 0 Å². The zero-order valence-electron chi connectivity index (χ0n) is 17.4. The van der Waals surface area contributed by atoms with Crippen molar-refractivity contribution in [3.63, 3.8) is 0 Å². The second kappa shape index (κ2) is 9.35. The van der Waals surface area contributed by atoms with Gasteiger partial charge < -0.3 is 10.2 Å². The number of nitrogens with one attached hydrogen (secondary N) is 1. The van der Waals surface area contributed by atoms with Crippen molar-refractivity contribution in [2.75, 3.05) is 23.3 Å². The molecule has 1 fully saturated rings. The third-order valence-electron chi connectivity index (χ3n) is 5.60. The van der Waals surface area contributed by atoms with Crippen molar-refractivity contribution >= 4 is 29.0 Å². The normalized spacial score (nSPS) is 16.2. The van der Waals surface area contributed by atoms with Gasteiger partial charge in [-0.15, -0.1) is 5.10 Å². The lowest BCUT2D eigenvalue weighted by atomic mass is 9.97. The van der Waals surface area contributed by atoms with Crippen molar-refractivity contribution in [1.82, 2.24) is 9.78 Å². The number of nitrogens with zero attached hydrogens (tertiary/aromatic N) is 3. The molecule has 31 heavy (non-hydrogen) atoms. The second-order valence-corrected chi connectivity index (χ2v) is 8.18. The Bertz CT molecular complexity index is 1110. The molecule has 0 radical (unpaired) electrons. The van der Waals surface area contributed by atoms with Gasteiger partial charge in [-0.05, 0) is 67.3 Å². The van der Waals surface area contributed by atoms with Gasteiger partial charge in [0.2, 0.25) is 5.91 Å². The largest absolute Gasteiger partial charge is 0.354 e. The monoisotopic (exact) mass is 436 g/mol. The number of rotatable bonds is 5. The standard InChI is InChI=1S/C24H25ClN4O2/c1-2-17-5-11-21(12-6-17)29-23(30)14-13-22(27-29)28-15-3-4-18(16-28)24(31)26-20-9-7-19(25)8-10-20/h5-14,18H,2-4,15-16H2,1H3,(H,26,31)/t18-/m0/s1. The highest BCUT2D eigenvalue weighted by atomic mass is 35.5. The second-order valence-electron chi connectivity index (χ2n) is 7.74. The van der Waals surface area contributed by atoms with Crippen LogP contribution in [0.5, 0.6) is 0 Å². The topological polar surface area (TPSA) is 67.2 Å². The van der Waals surface area contributed by atoms with E-state index in [1.54, 1.807) is 30.3 Å². The highest BCUT2D eigenvalue weighted by Gasteiger charge is 2.27. The third-order valence-corrected chi connectivity index (χ3v) is 5.86. The highest BCUT2D eigenvalue weighted by Crippen LogP contribution is 2.23. The lowest BCUT2D eigenvalue weighted by molar-refractivity contribution is -0.120. The minimum atomic E-state index is -0.179. The van der Waals surface area contributed by atoms with Crippen LogP contribution >= 0.6 is 11.6 Å². The SMILES string of the molecule is CCc1ccc(-n2nc(N3CCC[C@H](C(=O)Nc4ccc(Cl)cc4)C3)ccc2=O)cc1. The summed E-state index contributed by atoms with van der Waals surface area (Å²) in [5.41, 5.74) is 2.49. The number of aryl methyl sites for hydroxylation is 1. The summed E-state index contributed by atoms with van der Waals surface area (Å²) < 4.78 is 1.42. The summed E-state index contributed by atoms with van der Waals surface area (Å²) in [7, 11) is 0. The summed E-state index contributed by atoms with van der Waals surface area (Å²) in [6, 6.07) is 18.2. The maximum absolute atomic E-state index is 12.8. The predicted octanol–water partition coefficient (Wildman–Crippen LogP) is 4.30. The molecular formula is C24H25ClN4O2. The number of hydrogen-bond acceptors (Lipinski definition) is 4. The van der Waals surface area contributed by atoms with Gasteiger partial charge in [0.1, 0.15) is 5.82 Å². The highest BCUT2D eigenvalue weighted by molar-refractivity contribution is 6.30. The van der Waals surface area contributed by atoms with E-state index in [1.807, 2.05) is 24.3 Å². The zero-order valence-corrected chi connectivity index (χ0v) is 18.2. The summed E-state index contributed by atoms with van der Waals surface area (Å²) in [5.74, 6) is 0.522. The molecule has 0 bridgehead atoms. The van der Waals surface area contributed by atoms with Crippen LogP contribution in [0.1, 0.15) is 25.3 Å². The summed E-state index contributed by atoms with van der Waals surface area (Å²) in [6.07, 6.45) is 2.63. The van der Waals surface area contributed by atoms with Gasteiger partial charge in [0.05, 0.1) is 11.6 Å². The molecule has 1 aromatic heterocycles. The van der Waals surface area contributed by atoms with Crippen molar-refractivity contribution in [3.05, 3.63) is 81.6 Å². The summed E-state index contributed by atoms with van der Waals surface area (Å²) >= 11 is 5.92. The van der Waals surface area contributed by atoms with Crippen molar-refractivity contribution in [1.29, 1.82) is 0 Å². The van der Waals surface area contributed by atoms with Crippen LogP contribution in [0.4, 0.5) is 11.5 Å². The molecule has 0 unspecified atom stereocenters. The number of carbonyl (C=O) groups excluding carboxylic acids is 1. The average Bonchev–Trinajstić information content (AvgIpc) is 2.81. The molecule has 1 atom stereocenters. The van der Waals surface area contributed by atoms with Crippen molar-refractivity contribution in [3.8, 4) is 5.69 Å². The molecule has 3 aromatic rings. The molecular weight excluding hydrogens is 412 g/mol. The Balaban J connectivity index is 1.50. The van der Waals surface area contributed by atoms with Gasteiger partial charge in [-0.2, -0.15) is 4.68 Å². The number of anilines is 2. The molecule has 2 heterocycles. The number of hydrogen-bond donors (Lipinski definition) is 1. The third kappa shape index (κ3) is 4.97. The maximum Gasteiger partial charge on any atom is 0.271 e. The molecule has 1 aliphatic rings. The Labute approximate surface area is 186 Å². The molecule has 0 spiro atoms. The van der Waals surface area contributed by atoms with E-state index in [2.05, 4.69) is 22.2 Å². The van der Waals surface area contributed by atoms with Gasteiger partial charge in [0.25, 0.3) is 5.56 Å². The van der Waals surface area contributed by atoms with E-state index in [0.29, 0.717) is 17.4 Å². The van der Waals surface area contributed by atoms with Gasteiger partial charge in [-0.1, -0.05) is 30.7 Å². The fourth-order valence-electron chi connectivity index (χ4n) is 3.80. The number of benzene rings is 2. The van der Waals surface area contributed by atoms with E-state index < -0.39 is 0 Å². The molecule has 1 aliphatic heterocycles. The fraction of sp³-hybridized carbons (Fsp3) is 0.292. The van der Waals surface area contributed by atoms with Crippen molar-refractivity contribution in [2.24, 2.45) is 5.92 Å². The lowest BCUT2D eigenvalue weighted by Crippen LogP contribution is -2.41. The van der Waals surface area contributed by atoms with Crippen LogP contribution < -0.4 is 15.8 Å². The molecule has 6 nitrogen and oxygen atoms in total. The molecule has 160 valence electrons. The Kier molecular flexibility index (Phi) is 6.37. The zero-order chi connectivity index (χ0) is 21.8. The van der Waals surface area contributed by atoms with Gasteiger partial charge in [0, 0.05) is 29.9 Å². The molecule has 2 aromatic carbocycles. The average molecular weight is 437 g/mol. The number of halogens is 1. The Morgan fingerprint density at radius 1 is 1.10 bits per heavy atom. The summed E-state index contributed by atoms with van der Waals surface area (Å²) in [6.45, 7) is 3.44. The van der Waals surface area contributed by atoms with Crippen LogP contribution in [-0.2, 0) is 11.2 Å². The molecule has 7 heteroatoms. The molecule has 1 amide bonds. The number of piperidine rings is 1. The van der Waals surface area contributed by atoms with Gasteiger partial charge in [-0.25, -0.2) is 0 Å². The fourth-order valence-corrected chi connectivity index (χ4v) is 3.93. The number of aromatic nitrogens is 2. The quantitative estimate of drug-likeness (QED) is 0.647. The first-order valence-electron chi connectivity index (χ1n) is 10.5. The van der Waals surface area contributed by atoms with E-state index in [-0.39, 0.29) is 17.4 Å². The first-order chi connectivity index (χ1) is 15.0. The van der Waals surface area contributed by atoms with E-state index >= 15 is 0 Å². The Morgan fingerprint density at radius 2 is 1.84 bits per heavy atom. The van der Waals surface area contributed by atoms with Gasteiger partial charge in [0.15, 0.2) is 0 Å². The Hall–Kier alpha value is -3.12. The van der Waals surface area contributed by atoms with Crippen LogP contribution in [0.15, 0.2) is 65.5 Å². The Morgan fingerprint density at radius 3 is 2.55 bits per heavy atom. The minimum Gasteiger partial charge on any atom is -0.354 e. The number of carbonyl (C=O) groups is 1. The lowest BCUT2D eigenvalue weighted by Gasteiger charge is -2.32. The molecule has 1 N–H and O–H groups in total. The summed E-state index contributed by atoms with van der Waals surface area (Å²) in [5, 5.41) is 8.19. The van der Waals surface area contributed by atoms with E-state index in [0.717, 1.165) is 37.2 Å². The molecule has 0 saturated carbocycles. The van der Waals surface area contributed by atoms with Crippen molar-refractivity contribution < 1.29 is 4.79 Å².